The summed E-state index contributed by atoms with van der Waals surface area (Å²) in [4.78, 5) is 38.4. The fourth-order valence-electron chi connectivity index (χ4n) is 7.91. The molecular weight excluding hydrogens is 997 g/mol. The van der Waals surface area contributed by atoms with Gasteiger partial charge in [-0.3, -0.25) is 14.4 Å². The van der Waals surface area contributed by atoms with Crippen LogP contribution in [0.3, 0.4) is 0 Å². The zero-order chi connectivity index (χ0) is 58.5. The first-order chi connectivity index (χ1) is 40.0. The Morgan fingerprint density at radius 3 is 0.704 bits per heavy atom. The maximum atomic E-state index is 12.9. The Hall–Kier alpha value is -5.75. The van der Waals surface area contributed by atoms with Crippen molar-refractivity contribution in [3.63, 3.8) is 0 Å². The zero-order valence-corrected chi connectivity index (χ0v) is 51.5. The smallest absolute Gasteiger partial charge is 0.306 e. The first-order valence-corrected chi connectivity index (χ1v) is 31.9. The Bertz CT molecular complexity index is 1950. The van der Waals surface area contributed by atoms with Crippen LogP contribution in [0.15, 0.2) is 194 Å². The number of ether oxygens (including phenoxy) is 3. The van der Waals surface area contributed by atoms with E-state index in [2.05, 4.69) is 215 Å². The molecule has 0 fully saturated rings. The summed E-state index contributed by atoms with van der Waals surface area (Å²) in [7, 11) is 0. The van der Waals surface area contributed by atoms with E-state index in [1.165, 1.54) is 12.8 Å². The van der Waals surface area contributed by atoms with E-state index in [4.69, 9.17) is 14.2 Å². The summed E-state index contributed by atoms with van der Waals surface area (Å²) in [5.74, 6) is -1.01. The van der Waals surface area contributed by atoms with Gasteiger partial charge in [0.15, 0.2) is 6.10 Å². The van der Waals surface area contributed by atoms with Gasteiger partial charge < -0.3 is 14.2 Å². The van der Waals surface area contributed by atoms with E-state index in [0.29, 0.717) is 19.3 Å². The Kier molecular flexibility index (Phi) is 62.0. The van der Waals surface area contributed by atoms with Crippen LogP contribution in [0.25, 0.3) is 0 Å². The monoisotopic (exact) mass is 1110 g/mol. The number of hydrogen-bond donors (Lipinski definition) is 0. The van der Waals surface area contributed by atoms with E-state index in [-0.39, 0.29) is 37.5 Å². The summed E-state index contributed by atoms with van der Waals surface area (Å²) in [5.41, 5.74) is 0. The van der Waals surface area contributed by atoms with Crippen molar-refractivity contribution < 1.29 is 28.6 Å². The van der Waals surface area contributed by atoms with Gasteiger partial charge in [0.2, 0.25) is 0 Å². The Labute approximate surface area is 497 Å². The number of rotatable bonds is 55. The van der Waals surface area contributed by atoms with Gasteiger partial charge >= 0.3 is 17.9 Å². The molecule has 6 nitrogen and oxygen atoms in total. The van der Waals surface area contributed by atoms with Crippen LogP contribution in [0.2, 0.25) is 0 Å². The Morgan fingerprint density at radius 1 is 0.247 bits per heavy atom. The van der Waals surface area contributed by atoms with Crippen molar-refractivity contribution in [1.29, 1.82) is 0 Å². The minimum absolute atomic E-state index is 0.121. The molecule has 0 heterocycles. The lowest BCUT2D eigenvalue weighted by Gasteiger charge is -2.18. The van der Waals surface area contributed by atoms with E-state index >= 15 is 0 Å². The maximum absolute atomic E-state index is 12.9. The summed E-state index contributed by atoms with van der Waals surface area (Å²) in [6.45, 7) is 6.22. The molecule has 1 unspecified atom stereocenters. The van der Waals surface area contributed by atoms with Gasteiger partial charge in [-0.2, -0.15) is 0 Å². The SMILES string of the molecule is CC/C=C\C/C=C\C/C=C\C/C=C\C/C=C\C/C=C\C/C=C\CCCCCC(=O)OCC(COC(=O)CCCCCCCC/C=C\C/C=C\C/C=C\C/C=C\CC)OC(=O)CCCCC/C=C\C/C=C\C/C=C\C/C=C\C/C=C\CC. The summed E-state index contributed by atoms with van der Waals surface area (Å²) < 4.78 is 16.9. The van der Waals surface area contributed by atoms with Gasteiger partial charge in [-0.1, -0.05) is 254 Å². The molecule has 0 aliphatic carbocycles. The number of allylic oxidation sites excluding steroid dienone is 32. The molecule has 0 radical (unpaired) electrons. The van der Waals surface area contributed by atoms with Crippen molar-refractivity contribution in [3.8, 4) is 0 Å². The van der Waals surface area contributed by atoms with Crippen LogP contribution in [-0.4, -0.2) is 37.2 Å². The lowest BCUT2D eigenvalue weighted by Crippen LogP contribution is -2.30. The van der Waals surface area contributed by atoms with Crippen LogP contribution in [0.4, 0.5) is 0 Å². The van der Waals surface area contributed by atoms with Crippen molar-refractivity contribution in [2.24, 2.45) is 0 Å². The number of carbonyl (C=O) groups is 3. The molecular formula is C75H114O6. The summed E-state index contributed by atoms with van der Waals surface area (Å²) in [6, 6.07) is 0. The topological polar surface area (TPSA) is 78.9 Å². The lowest BCUT2D eigenvalue weighted by molar-refractivity contribution is -0.167. The Balaban J connectivity index is 4.58. The summed E-state index contributed by atoms with van der Waals surface area (Å²) in [5, 5.41) is 0. The third-order valence-electron chi connectivity index (χ3n) is 12.6. The zero-order valence-electron chi connectivity index (χ0n) is 51.5. The minimum atomic E-state index is -0.830. The molecule has 0 saturated heterocycles. The fraction of sp³-hybridized carbons (Fsp3) is 0.533. The number of unbranched alkanes of at least 4 members (excludes halogenated alkanes) is 12. The van der Waals surface area contributed by atoms with Crippen LogP contribution in [0, 0.1) is 0 Å². The molecule has 0 aromatic rings. The van der Waals surface area contributed by atoms with Crippen LogP contribution < -0.4 is 0 Å². The molecule has 1 atom stereocenters. The number of esters is 3. The van der Waals surface area contributed by atoms with Gasteiger partial charge in [0, 0.05) is 19.3 Å². The molecule has 450 valence electrons. The summed E-state index contributed by atoms with van der Waals surface area (Å²) >= 11 is 0. The minimum Gasteiger partial charge on any atom is -0.462 e. The third-order valence-corrected chi connectivity index (χ3v) is 12.6. The van der Waals surface area contributed by atoms with Crippen LogP contribution in [-0.2, 0) is 28.6 Å². The highest BCUT2D eigenvalue weighted by Crippen LogP contribution is 2.13. The van der Waals surface area contributed by atoms with Crippen LogP contribution in [0.5, 0.6) is 0 Å². The highest BCUT2D eigenvalue weighted by atomic mass is 16.6. The molecule has 81 heavy (non-hydrogen) atoms. The first kappa shape index (κ1) is 75.2. The maximum Gasteiger partial charge on any atom is 0.306 e. The lowest BCUT2D eigenvalue weighted by atomic mass is 10.1. The van der Waals surface area contributed by atoms with E-state index < -0.39 is 6.10 Å². The van der Waals surface area contributed by atoms with Crippen molar-refractivity contribution in [1.82, 2.24) is 0 Å². The second-order valence-electron chi connectivity index (χ2n) is 20.2. The molecule has 0 saturated carbocycles. The first-order valence-electron chi connectivity index (χ1n) is 31.9. The third kappa shape index (κ3) is 64.9. The largest absolute Gasteiger partial charge is 0.462 e. The van der Waals surface area contributed by atoms with E-state index in [0.717, 1.165) is 180 Å². The molecule has 0 N–H and O–H groups in total. The van der Waals surface area contributed by atoms with Gasteiger partial charge in [0.1, 0.15) is 13.2 Å². The second kappa shape index (κ2) is 66.8. The normalized spacial score (nSPS) is 13.5. The summed E-state index contributed by atoms with van der Waals surface area (Å²) in [6.07, 6.45) is 101. The molecule has 0 bridgehead atoms. The molecule has 0 aliphatic heterocycles. The molecule has 0 rings (SSSR count). The van der Waals surface area contributed by atoms with Gasteiger partial charge in [0.05, 0.1) is 0 Å². The molecule has 0 aromatic heterocycles. The van der Waals surface area contributed by atoms with E-state index in [1.807, 2.05) is 0 Å². The molecule has 6 heteroatoms. The van der Waals surface area contributed by atoms with Gasteiger partial charge in [-0.05, 0) is 161 Å². The highest BCUT2D eigenvalue weighted by molar-refractivity contribution is 5.71. The number of hydrogen-bond acceptors (Lipinski definition) is 6. The molecule has 0 aromatic carbocycles. The highest BCUT2D eigenvalue weighted by Gasteiger charge is 2.19. The molecule has 0 spiro atoms. The average molecular weight is 1110 g/mol. The van der Waals surface area contributed by atoms with Crippen molar-refractivity contribution in [2.75, 3.05) is 13.2 Å². The predicted molar refractivity (Wildman–Crippen MR) is 352 cm³/mol. The van der Waals surface area contributed by atoms with Crippen LogP contribution in [0.1, 0.15) is 239 Å². The van der Waals surface area contributed by atoms with Gasteiger partial charge in [-0.25, -0.2) is 0 Å². The Morgan fingerprint density at radius 2 is 0.444 bits per heavy atom. The number of carbonyl (C=O) groups excluding carboxylic acids is 3. The second-order valence-corrected chi connectivity index (χ2v) is 20.2. The fourth-order valence-corrected chi connectivity index (χ4v) is 7.91. The van der Waals surface area contributed by atoms with Crippen molar-refractivity contribution in [2.45, 2.75) is 245 Å². The van der Waals surface area contributed by atoms with Crippen molar-refractivity contribution in [3.05, 3.63) is 194 Å². The molecule has 0 aliphatic rings. The van der Waals surface area contributed by atoms with E-state index in [9.17, 15) is 14.4 Å². The van der Waals surface area contributed by atoms with Crippen molar-refractivity contribution >= 4 is 17.9 Å². The standard InChI is InChI=1S/C75H114O6/c1-4-7-10-13-16-19-22-25-28-31-34-35-36-37-38-39-42-44-47-50-53-56-59-62-65-68-74(77)80-71-72(81-75(78)69-66-63-60-57-54-51-48-45-41-33-30-27-24-21-18-15-12-9-6-3)70-79-73(76)67-64-61-58-55-52-49-46-43-40-32-29-26-23-20-17-14-11-8-5-2/h7-12,16-21,25-30,34-35,37-38,40-45,50-51,53-54,72H,4-6,13-15,22-24,31-33,36,39,46-49,52,55-71H2,1-3H3/b10-7-,11-8-,12-9-,19-16-,20-17-,21-18-,28-25-,29-26-,30-27-,35-34-,38-37-,43-40-,44-42-,45-41-,53-50-,54-51-. The average Bonchev–Trinajstić information content (AvgIpc) is 3.47. The van der Waals surface area contributed by atoms with E-state index in [1.54, 1.807) is 0 Å². The predicted octanol–water partition coefficient (Wildman–Crippen LogP) is 22.2. The quantitative estimate of drug-likeness (QED) is 0.0261. The van der Waals surface area contributed by atoms with Gasteiger partial charge in [0.25, 0.3) is 0 Å². The van der Waals surface area contributed by atoms with Crippen LogP contribution >= 0.6 is 0 Å². The molecule has 0 amide bonds. The van der Waals surface area contributed by atoms with Gasteiger partial charge in [-0.15, -0.1) is 0 Å².